The third kappa shape index (κ3) is 4.67. The molecule has 3 aromatic carbocycles. The average Bonchev–Trinajstić information content (AvgIpc) is 2.86. The number of nitrogens with one attached hydrogen (secondary N) is 1. The van der Waals surface area contributed by atoms with Gasteiger partial charge in [0.1, 0.15) is 0 Å². The molecule has 10 heteroatoms. The smallest absolute Gasteiger partial charge is 0.244 e. The molecule has 0 spiro atoms. The Hall–Kier alpha value is -3.66. The molecule has 4 aromatic rings. The SMILES string of the molecule is C/C(=N\Nc1nc(-c2ccccc2)cc(-c2ccc(Br)cc2)n1)c1c(F)c(F)c(F)c(F)c1F. The van der Waals surface area contributed by atoms with Crippen molar-refractivity contribution < 1.29 is 22.0 Å². The van der Waals surface area contributed by atoms with Crippen molar-refractivity contribution in [3.05, 3.63) is 99.8 Å². The Morgan fingerprint density at radius 2 is 1.24 bits per heavy atom. The highest BCUT2D eigenvalue weighted by atomic mass is 79.9. The van der Waals surface area contributed by atoms with Crippen LogP contribution in [0.3, 0.4) is 0 Å². The van der Waals surface area contributed by atoms with Crippen LogP contribution in [0.1, 0.15) is 12.5 Å². The van der Waals surface area contributed by atoms with Crippen LogP contribution in [0.4, 0.5) is 27.9 Å². The van der Waals surface area contributed by atoms with Crippen LogP contribution in [0.15, 0.2) is 70.2 Å². The summed E-state index contributed by atoms with van der Waals surface area (Å²) in [5.41, 5.74) is 3.42. The van der Waals surface area contributed by atoms with Crippen LogP contribution in [0.2, 0.25) is 0 Å². The van der Waals surface area contributed by atoms with Crippen LogP contribution in [0.25, 0.3) is 22.5 Å². The van der Waals surface area contributed by atoms with Crippen molar-refractivity contribution in [2.75, 3.05) is 5.43 Å². The monoisotopic (exact) mass is 532 g/mol. The van der Waals surface area contributed by atoms with Crippen LogP contribution in [0, 0.1) is 29.1 Å². The van der Waals surface area contributed by atoms with Crippen LogP contribution in [0.5, 0.6) is 0 Å². The van der Waals surface area contributed by atoms with Gasteiger partial charge < -0.3 is 0 Å². The lowest BCUT2D eigenvalue weighted by Crippen LogP contribution is -2.13. The van der Waals surface area contributed by atoms with Crippen LogP contribution < -0.4 is 5.43 Å². The number of aromatic nitrogens is 2. The molecule has 0 aliphatic heterocycles. The van der Waals surface area contributed by atoms with Crippen molar-refractivity contribution in [1.82, 2.24) is 9.97 Å². The summed E-state index contributed by atoms with van der Waals surface area (Å²) in [6.07, 6.45) is 0. The van der Waals surface area contributed by atoms with Crippen molar-refractivity contribution in [1.29, 1.82) is 0 Å². The summed E-state index contributed by atoms with van der Waals surface area (Å²) in [4.78, 5) is 8.75. The quantitative estimate of drug-likeness (QED) is 0.0979. The van der Waals surface area contributed by atoms with E-state index < -0.39 is 40.4 Å². The second kappa shape index (κ2) is 9.68. The number of hydrazone groups is 1. The summed E-state index contributed by atoms with van der Waals surface area (Å²) in [5, 5.41) is 3.78. The summed E-state index contributed by atoms with van der Waals surface area (Å²) in [6.45, 7) is 1.10. The summed E-state index contributed by atoms with van der Waals surface area (Å²) < 4.78 is 69.6. The summed E-state index contributed by atoms with van der Waals surface area (Å²) in [5.74, 6) is -10.3. The highest BCUT2D eigenvalue weighted by molar-refractivity contribution is 9.10. The summed E-state index contributed by atoms with van der Waals surface area (Å²) >= 11 is 3.37. The molecule has 0 unspecified atom stereocenters. The van der Waals surface area contributed by atoms with Gasteiger partial charge >= 0.3 is 0 Å². The van der Waals surface area contributed by atoms with Crippen molar-refractivity contribution in [2.24, 2.45) is 5.10 Å². The average molecular weight is 533 g/mol. The lowest BCUT2D eigenvalue weighted by Gasteiger charge is -2.10. The molecular formula is C24H14BrF5N4. The molecule has 0 radical (unpaired) electrons. The van der Waals surface area contributed by atoms with Crippen molar-refractivity contribution >= 4 is 27.6 Å². The molecule has 0 aliphatic carbocycles. The number of hydrogen-bond acceptors (Lipinski definition) is 4. The van der Waals surface area contributed by atoms with Gasteiger partial charge in [0.15, 0.2) is 23.3 Å². The maximum absolute atomic E-state index is 14.1. The predicted molar refractivity (Wildman–Crippen MR) is 123 cm³/mol. The van der Waals surface area contributed by atoms with Gasteiger partial charge in [-0.1, -0.05) is 58.4 Å². The Kier molecular flexibility index (Phi) is 6.69. The molecule has 0 atom stereocenters. The van der Waals surface area contributed by atoms with E-state index in [4.69, 9.17) is 0 Å². The molecule has 172 valence electrons. The molecule has 1 N–H and O–H groups in total. The third-order valence-corrected chi connectivity index (χ3v) is 5.36. The third-order valence-electron chi connectivity index (χ3n) is 4.83. The molecule has 1 aromatic heterocycles. The fraction of sp³-hybridized carbons (Fsp3) is 0.0417. The van der Waals surface area contributed by atoms with E-state index in [-0.39, 0.29) is 5.95 Å². The minimum absolute atomic E-state index is 0.0394. The standard InChI is InChI=1S/C24H14BrF5N4/c1-12(18-19(26)21(28)23(30)22(29)20(18)27)33-34-24-31-16(13-5-3-2-4-6-13)11-17(32-24)14-7-9-15(25)10-8-14/h2-11H,1H3,(H,31,32,34)/b33-12+. The van der Waals surface area contributed by atoms with Gasteiger partial charge in [-0.05, 0) is 25.1 Å². The van der Waals surface area contributed by atoms with Gasteiger partial charge in [-0.25, -0.2) is 37.3 Å². The zero-order valence-corrected chi connectivity index (χ0v) is 19.0. The minimum Gasteiger partial charge on any atom is -0.245 e. The second-order valence-corrected chi connectivity index (χ2v) is 8.00. The molecule has 0 saturated carbocycles. The van der Waals surface area contributed by atoms with E-state index >= 15 is 0 Å². The Balaban J connectivity index is 1.77. The summed E-state index contributed by atoms with van der Waals surface area (Å²) in [6, 6.07) is 18.2. The molecule has 0 fully saturated rings. The molecule has 34 heavy (non-hydrogen) atoms. The van der Waals surface area contributed by atoms with Crippen molar-refractivity contribution in [3.63, 3.8) is 0 Å². The molecule has 0 amide bonds. The molecule has 0 bridgehead atoms. The number of anilines is 1. The van der Waals surface area contributed by atoms with Crippen LogP contribution in [-0.4, -0.2) is 15.7 Å². The molecule has 0 aliphatic rings. The van der Waals surface area contributed by atoms with E-state index in [1.165, 1.54) is 0 Å². The van der Waals surface area contributed by atoms with Gasteiger partial charge in [0.05, 0.1) is 22.7 Å². The Morgan fingerprint density at radius 1 is 0.735 bits per heavy atom. The molecule has 0 saturated heterocycles. The highest BCUT2D eigenvalue weighted by Gasteiger charge is 2.27. The topological polar surface area (TPSA) is 50.2 Å². The lowest BCUT2D eigenvalue weighted by atomic mass is 10.1. The highest BCUT2D eigenvalue weighted by Crippen LogP contribution is 2.27. The van der Waals surface area contributed by atoms with Gasteiger partial charge in [-0.3, -0.25) is 0 Å². The number of benzene rings is 3. The van der Waals surface area contributed by atoms with Crippen LogP contribution >= 0.6 is 15.9 Å². The Labute approximate surface area is 199 Å². The van der Waals surface area contributed by atoms with E-state index in [2.05, 4.69) is 36.4 Å². The first-order chi connectivity index (χ1) is 16.3. The van der Waals surface area contributed by atoms with Crippen molar-refractivity contribution in [3.8, 4) is 22.5 Å². The van der Waals surface area contributed by atoms with Gasteiger partial charge in [-0.2, -0.15) is 5.10 Å². The van der Waals surface area contributed by atoms with E-state index in [9.17, 15) is 22.0 Å². The minimum atomic E-state index is -2.24. The van der Waals surface area contributed by atoms with Crippen LogP contribution in [-0.2, 0) is 0 Å². The van der Waals surface area contributed by atoms with Gasteiger partial charge in [0.2, 0.25) is 11.8 Å². The van der Waals surface area contributed by atoms with Gasteiger partial charge in [0.25, 0.3) is 0 Å². The summed E-state index contributed by atoms with van der Waals surface area (Å²) in [7, 11) is 0. The first-order valence-corrected chi connectivity index (χ1v) is 10.6. The predicted octanol–water partition coefficient (Wildman–Crippen LogP) is 7.10. The number of nitrogens with zero attached hydrogens (tertiary/aromatic N) is 3. The fourth-order valence-electron chi connectivity index (χ4n) is 3.13. The molecule has 1 heterocycles. The number of rotatable bonds is 5. The lowest BCUT2D eigenvalue weighted by molar-refractivity contribution is 0.377. The number of hydrogen-bond donors (Lipinski definition) is 1. The Bertz CT molecular complexity index is 1360. The molecular weight excluding hydrogens is 519 g/mol. The first-order valence-electron chi connectivity index (χ1n) is 9.78. The largest absolute Gasteiger partial charge is 0.245 e. The van der Waals surface area contributed by atoms with Gasteiger partial charge in [-0.15, -0.1) is 0 Å². The number of halogens is 6. The maximum Gasteiger partial charge on any atom is 0.244 e. The van der Waals surface area contributed by atoms with E-state index in [1.54, 1.807) is 6.07 Å². The zero-order valence-electron chi connectivity index (χ0n) is 17.4. The Morgan fingerprint density at radius 3 is 1.79 bits per heavy atom. The van der Waals surface area contributed by atoms with E-state index in [0.717, 1.165) is 22.5 Å². The molecule has 4 rings (SSSR count). The fourth-order valence-corrected chi connectivity index (χ4v) is 3.40. The van der Waals surface area contributed by atoms with Crippen molar-refractivity contribution in [2.45, 2.75) is 6.92 Å². The van der Waals surface area contributed by atoms with E-state index in [1.807, 2.05) is 54.6 Å². The molecule has 4 nitrogen and oxygen atoms in total. The first kappa shape index (κ1) is 23.5. The normalized spacial score (nSPS) is 11.6. The second-order valence-electron chi connectivity index (χ2n) is 7.09. The maximum atomic E-state index is 14.1. The zero-order chi connectivity index (χ0) is 24.4. The van der Waals surface area contributed by atoms with Gasteiger partial charge in [0, 0.05) is 15.6 Å². The van der Waals surface area contributed by atoms with E-state index in [0.29, 0.717) is 11.4 Å².